The molecule has 1 atom stereocenters. The second kappa shape index (κ2) is 4.92. The van der Waals surface area contributed by atoms with Crippen LogP contribution >= 0.6 is 0 Å². The summed E-state index contributed by atoms with van der Waals surface area (Å²) in [5.74, 6) is 1.25. The molecule has 0 aromatic carbocycles. The Morgan fingerprint density at radius 3 is 2.82 bits per heavy atom. The Morgan fingerprint density at radius 2 is 2.18 bits per heavy atom. The van der Waals surface area contributed by atoms with E-state index in [2.05, 4.69) is 23.8 Å². The average Bonchev–Trinajstić information content (AvgIpc) is 2.67. The van der Waals surface area contributed by atoms with Gasteiger partial charge in [-0.3, -0.25) is 4.79 Å². The van der Waals surface area contributed by atoms with E-state index in [4.69, 9.17) is 4.42 Å². The van der Waals surface area contributed by atoms with Gasteiger partial charge in [0.15, 0.2) is 17.4 Å². The van der Waals surface area contributed by atoms with Crippen molar-refractivity contribution < 1.29 is 9.21 Å². The van der Waals surface area contributed by atoms with Gasteiger partial charge >= 0.3 is 0 Å². The maximum Gasteiger partial charge on any atom is 0.196 e. The van der Waals surface area contributed by atoms with Gasteiger partial charge in [-0.25, -0.2) is 0 Å². The Morgan fingerprint density at radius 1 is 1.41 bits per heavy atom. The number of ketones is 1. The van der Waals surface area contributed by atoms with Gasteiger partial charge in [0, 0.05) is 32.1 Å². The Balaban J connectivity index is 2.16. The van der Waals surface area contributed by atoms with Gasteiger partial charge in [-0.15, -0.1) is 0 Å². The van der Waals surface area contributed by atoms with Crippen molar-refractivity contribution in [3.05, 3.63) is 17.9 Å². The van der Waals surface area contributed by atoms with Crippen LogP contribution in [0.3, 0.4) is 0 Å². The van der Waals surface area contributed by atoms with Gasteiger partial charge in [-0.2, -0.15) is 0 Å². The van der Waals surface area contributed by atoms with Crippen LogP contribution in [0.5, 0.6) is 0 Å². The molecule has 1 unspecified atom stereocenters. The van der Waals surface area contributed by atoms with Crippen molar-refractivity contribution in [3.63, 3.8) is 0 Å². The van der Waals surface area contributed by atoms with Crippen LogP contribution in [0, 0.1) is 0 Å². The third-order valence-electron chi connectivity index (χ3n) is 3.27. The van der Waals surface area contributed by atoms with Crippen LogP contribution in [0.25, 0.3) is 0 Å². The summed E-state index contributed by atoms with van der Waals surface area (Å²) in [6, 6.07) is 4.07. The molecule has 0 aliphatic carbocycles. The van der Waals surface area contributed by atoms with Crippen LogP contribution in [0.4, 0.5) is 5.88 Å². The smallest absolute Gasteiger partial charge is 0.196 e. The molecule has 1 saturated heterocycles. The summed E-state index contributed by atoms with van der Waals surface area (Å²) in [4.78, 5) is 15.8. The number of furan rings is 1. The Hall–Kier alpha value is -1.29. The van der Waals surface area contributed by atoms with Crippen LogP contribution in [0.1, 0.15) is 30.8 Å². The van der Waals surface area contributed by atoms with Crippen molar-refractivity contribution in [2.75, 3.05) is 31.6 Å². The molecule has 94 valence electrons. The van der Waals surface area contributed by atoms with E-state index in [1.165, 1.54) is 6.92 Å². The van der Waals surface area contributed by atoms with Crippen molar-refractivity contribution in [2.24, 2.45) is 0 Å². The maximum atomic E-state index is 11.2. The molecule has 1 aliphatic heterocycles. The first-order valence-electron chi connectivity index (χ1n) is 6.14. The quantitative estimate of drug-likeness (QED) is 0.736. The minimum atomic E-state index is -0.0177. The summed E-state index contributed by atoms with van der Waals surface area (Å²) in [7, 11) is 2.14. The van der Waals surface area contributed by atoms with Crippen molar-refractivity contribution in [1.29, 1.82) is 0 Å². The topological polar surface area (TPSA) is 36.7 Å². The zero-order valence-electron chi connectivity index (χ0n) is 10.8. The molecule has 4 heteroatoms. The fourth-order valence-corrected chi connectivity index (χ4v) is 2.37. The standard InChI is InChI=1S/C13H20N2O2/c1-10-9-14(3)7-4-8-15(10)13-6-5-12(17-13)11(2)16/h5-6,10H,4,7-9H2,1-3H3. The first-order chi connectivity index (χ1) is 8.08. The van der Waals surface area contributed by atoms with Crippen molar-refractivity contribution in [2.45, 2.75) is 26.3 Å². The van der Waals surface area contributed by atoms with Gasteiger partial charge in [0.05, 0.1) is 0 Å². The molecule has 2 heterocycles. The number of hydrogen-bond acceptors (Lipinski definition) is 4. The molecule has 0 bridgehead atoms. The van der Waals surface area contributed by atoms with Gasteiger partial charge in [0.25, 0.3) is 0 Å². The van der Waals surface area contributed by atoms with Crippen LogP contribution in [-0.4, -0.2) is 43.4 Å². The number of carbonyl (C=O) groups excluding carboxylic acids is 1. The molecule has 0 N–H and O–H groups in total. The van der Waals surface area contributed by atoms with E-state index in [0.29, 0.717) is 11.8 Å². The largest absolute Gasteiger partial charge is 0.437 e. The lowest BCUT2D eigenvalue weighted by atomic mass is 10.3. The Bertz CT molecular complexity index is 400. The molecule has 4 nitrogen and oxygen atoms in total. The van der Waals surface area contributed by atoms with Gasteiger partial charge < -0.3 is 14.2 Å². The Labute approximate surface area is 102 Å². The lowest BCUT2D eigenvalue weighted by molar-refractivity contribution is 0.0987. The zero-order chi connectivity index (χ0) is 12.4. The normalized spacial score (nSPS) is 22.5. The highest BCUT2D eigenvalue weighted by atomic mass is 16.4. The monoisotopic (exact) mass is 236 g/mol. The summed E-state index contributed by atoms with van der Waals surface area (Å²) in [6.07, 6.45) is 1.12. The van der Waals surface area contributed by atoms with E-state index < -0.39 is 0 Å². The number of likely N-dealkylation sites (N-methyl/N-ethyl adjacent to an activating group) is 1. The third kappa shape index (κ3) is 2.69. The van der Waals surface area contributed by atoms with E-state index in [1.54, 1.807) is 6.07 Å². The second-order valence-electron chi connectivity index (χ2n) is 4.85. The average molecular weight is 236 g/mol. The van der Waals surface area contributed by atoms with Crippen LogP contribution < -0.4 is 4.90 Å². The summed E-state index contributed by atoms with van der Waals surface area (Å²) in [5, 5.41) is 0. The molecule has 0 saturated carbocycles. The molecule has 2 rings (SSSR count). The SMILES string of the molecule is CC(=O)c1ccc(N2CCCN(C)CC2C)o1. The second-order valence-corrected chi connectivity index (χ2v) is 4.85. The van der Waals surface area contributed by atoms with E-state index in [0.717, 1.165) is 31.9 Å². The molecular formula is C13H20N2O2. The fourth-order valence-electron chi connectivity index (χ4n) is 2.37. The van der Waals surface area contributed by atoms with E-state index >= 15 is 0 Å². The number of Topliss-reactive ketones (excluding diaryl/α,β-unsaturated/α-hetero) is 1. The van der Waals surface area contributed by atoms with Gasteiger partial charge in [0.2, 0.25) is 0 Å². The third-order valence-corrected chi connectivity index (χ3v) is 3.27. The Kier molecular flexibility index (Phi) is 3.52. The van der Waals surface area contributed by atoms with Crippen molar-refractivity contribution >= 4 is 11.7 Å². The number of rotatable bonds is 2. The van der Waals surface area contributed by atoms with Crippen LogP contribution in [0.15, 0.2) is 16.5 Å². The highest BCUT2D eigenvalue weighted by molar-refractivity contribution is 5.91. The fraction of sp³-hybridized carbons (Fsp3) is 0.615. The summed E-state index contributed by atoms with van der Waals surface area (Å²) in [5.41, 5.74) is 0. The molecule has 1 fully saturated rings. The van der Waals surface area contributed by atoms with Crippen molar-refractivity contribution in [1.82, 2.24) is 4.90 Å². The molecule has 0 radical (unpaired) electrons. The van der Waals surface area contributed by atoms with E-state index in [1.807, 2.05) is 6.07 Å². The molecular weight excluding hydrogens is 216 g/mol. The van der Waals surface area contributed by atoms with Gasteiger partial charge in [0.1, 0.15) is 0 Å². The highest BCUT2D eigenvalue weighted by Crippen LogP contribution is 2.23. The first kappa shape index (κ1) is 12.2. The van der Waals surface area contributed by atoms with Gasteiger partial charge in [-0.05, 0) is 33.0 Å². The number of nitrogens with zero attached hydrogens (tertiary/aromatic N) is 2. The number of carbonyl (C=O) groups is 1. The first-order valence-corrected chi connectivity index (χ1v) is 6.14. The molecule has 0 amide bonds. The van der Waals surface area contributed by atoms with E-state index in [9.17, 15) is 4.79 Å². The van der Waals surface area contributed by atoms with E-state index in [-0.39, 0.29) is 5.78 Å². The molecule has 0 spiro atoms. The van der Waals surface area contributed by atoms with Crippen LogP contribution in [-0.2, 0) is 0 Å². The summed E-state index contributed by atoms with van der Waals surface area (Å²) in [6.45, 7) is 6.84. The minimum absolute atomic E-state index is 0.0177. The predicted octanol–water partition coefficient (Wildman–Crippen LogP) is 2.01. The molecule has 1 aliphatic rings. The van der Waals surface area contributed by atoms with Crippen molar-refractivity contribution in [3.8, 4) is 0 Å². The lowest BCUT2D eigenvalue weighted by Crippen LogP contribution is -2.37. The van der Waals surface area contributed by atoms with Gasteiger partial charge in [-0.1, -0.05) is 0 Å². The number of hydrogen-bond donors (Lipinski definition) is 0. The highest BCUT2D eigenvalue weighted by Gasteiger charge is 2.22. The number of anilines is 1. The molecule has 1 aromatic rings. The minimum Gasteiger partial charge on any atom is -0.437 e. The zero-order valence-corrected chi connectivity index (χ0v) is 10.8. The maximum absolute atomic E-state index is 11.2. The predicted molar refractivity (Wildman–Crippen MR) is 67.6 cm³/mol. The molecule has 1 aromatic heterocycles. The van der Waals surface area contributed by atoms with Crippen LogP contribution in [0.2, 0.25) is 0 Å². The summed E-state index contributed by atoms with van der Waals surface area (Å²) >= 11 is 0. The lowest BCUT2D eigenvalue weighted by Gasteiger charge is -2.27. The summed E-state index contributed by atoms with van der Waals surface area (Å²) < 4.78 is 5.60. The molecule has 17 heavy (non-hydrogen) atoms.